The van der Waals surface area contributed by atoms with Crippen molar-refractivity contribution in [3.63, 3.8) is 0 Å². The van der Waals surface area contributed by atoms with Crippen LogP contribution in [0.3, 0.4) is 0 Å². The summed E-state index contributed by atoms with van der Waals surface area (Å²) < 4.78 is 0. The summed E-state index contributed by atoms with van der Waals surface area (Å²) in [6, 6.07) is 0.477. The minimum atomic E-state index is 0.260. The third kappa shape index (κ3) is 2.96. The summed E-state index contributed by atoms with van der Waals surface area (Å²) in [4.78, 5) is 15.9. The lowest BCUT2D eigenvalue weighted by atomic mass is 10.2. The minimum absolute atomic E-state index is 0.260. The molecule has 1 saturated heterocycles. The van der Waals surface area contributed by atoms with Crippen LogP contribution in [0.1, 0.15) is 19.8 Å². The Kier molecular flexibility index (Phi) is 4.35. The van der Waals surface area contributed by atoms with Gasteiger partial charge >= 0.3 is 0 Å². The molecule has 1 amide bonds. The lowest BCUT2D eigenvalue weighted by Crippen LogP contribution is -2.52. The maximum atomic E-state index is 11.7. The van der Waals surface area contributed by atoms with Gasteiger partial charge in [0.05, 0.1) is 0 Å². The summed E-state index contributed by atoms with van der Waals surface area (Å²) >= 11 is 0. The van der Waals surface area contributed by atoms with Crippen LogP contribution in [0.2, 0.25) is 0 Å². The monoisotopic (exact) mass is 199 g/mol. The molecular weight excluding hydrogens is 178 g/mol. The van der Waals surface area contributed by atoms with Gasteiger partial charge in [-0.15, -0.1) is 0 Å². The number of nitrogens with zero attached hydrogens (tertiary/aromatic N) is 2. The Morgan fingerprint density at radius 1 is 1.50 bits per heavy atom. The number of hydrogen-bond donors (Lipinski definition) is 1. The molecule has 1 heterocycles. The smallest absolute Gasteiger partial charge is 0.222 e. The maximum Gasteiger partial charge on any atom is 0.222 e. The molecule has 0 bridgehead atoms. The molecule has 0 spiro atoms. The number of amides is 1. The normalized spacial score (nSPS) is 23.9. The second-order valence-corrected chi connectivity index (χ2v) is 4.06. The van der Waals surface area contributed by atoms with Gasteiger partial charge in [-0.25, -0.2) is 0 Å². The van der Waals surface area contributed by atoms with Crippen molar-refractivity contribution in [2.75, 3.05) is 33.2 Å². The molecule has 0 aromatic rings. The van der Waals surface area contributed by atoms with E-state index in [4.69, 9.17) is 5.73 Å². The predicted octanol–water partition coefficient (Wildman–Crippen LogP) is -0.112. The first kappa shape index (κ1) is 11.5. The van der Waals surface area contributed by atoms with Crippen molar-refractivity contribution >= 4 is 5.91 Å². The second-order valence-electron chi connectivity index (χ2n) is 4.06. The molecule has 14 heavy (non-hydrogen) atoms. The summed E-state index contributed by atoms with van der Waals surface area (Å²) in [6.07, 6.45) is 1.41. The minimum Gasteiger partial charge on any atom is -0.340 e. The molecule has 1 aliphatic rings. The zero-order chi connectivity index (χ0) is 10.6. The SMILES string of the molecule is CC1CN(C(=O)CCCN)CCN1C. The highest BCUT2D eigenvalue weighted by Crippen LogP contribution is 2.08. The van der Waals surface area contributed by atoms with Gasteiger partial charge in [0.15, 0.2) is 0 Å². The van der Waals surface area contributed by atoms with Crippen molar-refractivity contribution in [2.24, 2.45) is 5.73 Å². The Morgan fingerprint density at radius 3 is 2.79 bits per heavy atom. The van der Waals surface area contributed by atoms with Crippen molar-refractivity contribution in [3.05, 3.63) is 0 Å². The van der Waals surface area contributed by atoms with Gasteiger partial charge in [-0.05, 0) is 26.9 Å². The van der Waals surface area contributed by atoms with E-state index in [0.29, 0.717) is 19.0 Å². The first-order valence-corrected chi connectivity index (χ1v) is 5.33. The van der Waals surface area contributed by atoms with Crippen molar-refractivity contribution in [3.8, 4) is 0 Å². The van der Waals surface area contributed by atoms with Crippen molar-refractivity contribution < 1.29 is 4.79 Å². The topological polar surface area (TPSA) is 49.6 Å². The number of nitrogens with two attached hydrogens (primary N) is 1. The molecule has 0 saturated carbocycles. The van der Waals surface area contributed by atoms with Crippen LogP contribution in [0.25, 0.3) is 0 Å². The van der Waals surface area contributed by atoms with Crippen LogP contribution in [0.15, 0.2) is 0 Å². The molecule has 4 heteroatoms. The lowest BCUT2D eigenvalue weighted by Gasteiger charge is -2.37. The molecule has 82 valence electrons. The Bertz CT molecular complexity index is 196. The maximum absolute atomic E-state index is 11.7. The van der Waals surface area contributed by atoms with Gasteiger partial charge in [-0.3, -0.25) is 4.79 Å². The molecule has 1 unspecified atom stereocenters. The number of carbonyl (C=O) groups excluding carboxylic acids is 1. The summed E-state index contributed by atoms with van der Waals surface area (Å²) in [5.41, 5.74) is 5.38. The van der Waals surface area contributed by atoms with Crippen LogP contribution in [0, 0.1) is 0 Å². The van der Waals surface area contributed by atoms with Gasteiger partial charge in [0.25, 0.3) is 0 Å². The highest BCUT2D eigenvalue weighted by molar-refractivity contribution is 5.76. The van der Waals surface area contributed by atoms with E-state index in [1.165, 1.54) is 0 Å². The summed E-state index contributed by atoms with van der Waals surface area (Å²) in [6.45, 7) is 5.47. The number of piperazine rings is 1. The lowest BCUT2D eigenvalue weighted by molar-refractivity contribution is -0.133. The van der Waals surface area contributed by atoms with Crippen LogP contribution in [0.5, 0.6) is 0 Å². The van der Waals surface area contributed by atoms with Gasteiger partial charge in [-0.2, -0.15) is 0 Å². The number of rotatable bonds is 3. The fraction of sp³-hybridized carbons (Fsp3) is 0.900. The van der Waals surface area contributed by atoms with Gasteiger partial charge < -0.3 is 15.5 Å². The van der Waals surface area contributed by atoms with Crippen LogP contribution < -0.4 is 5.73 Å². The molecule has 1 atom stereocenters. The van der Waals surface area contributed by atoms with Crippen molar-refractivity contribution in [1.82, 2.24) is 9.80 Å². The molecule has 1 fully saturated rings. The molecule has 0 radical (unpaired) electrons. The molecule has 1 aliphatic heterocycles. The first-order chi connectivity index (χ1) is 6.65. The van der Waals surface area contributed by atoms with Gasteiger partial charge in [0.2, 0.25) is 5.91 Å². The zero-order valence-electron chi connectivity index (χ0n) is 9.20. The highest BCUT2D eigenvalue weighted by Gasteiger charge is 2.23. The van der Waals surface area contributed by atoms with E-state index in [1.807, 2.05) is 4.90 Å². The van der Waals surface area contributed by atoms with Crippen molar-refractivity contribution in [2.45, 2.75) is 25.8 Å². The third-order valence-corrected chi connectivity index (χ3v) is 2.91. The van der Waals surface area contributed by atoms with Crippen LogP contribution in [0.4, 0.5) is 0 Å². The average Bonchev–Trinajstić information content (AvgIpc) is 2.18. The van der Waals surface area contributed by atoms with E-state index in [2.05, 4.69) is 18.9 Å². The first-order valence-electron chi connectivity index (χ1n) is 5.33. The fourth-order valence-corrected chi connectivity index (χ4v) is 1.69. The van der Waals surface area contributed by atoms with Crippen LogP contribution >= 0.6 is 0 Å². The second kappa shape index (κ2) is 5.32. The molecule has 4 nitrogen and oxygen atoms in total. The number of likely N-dealkylation sites (N-methyl/N-ethyl adjacent to an activating group) is 1. The van der Waals surface area contributed by atoms with E-state index >= 15 is 0 Å². The molecule has 0 aliphatic carbocycles. The van der Waals surface area contributed by atoms with Crippen LogP contribution in [-0.4, -0.2) is 55.0 Å². The fourth-order valence-electron chi connectivity index (χ4n) is 1.69. The van der Waals surface area contributed by atoms with Gasteiger partial charge in [0.1, 0.15) is 0 Å². The summed E-state index contributed by atoms with van der Waals surface area (Å²) in [5.74, 6) is 0.260. The average molecular weight is 199 g/mol. The van der Waals surface area contributed by atoms with E-state index < -0.39 is 0 Å². The molecule has 0 aromatic carbocycles. The highest BCUT2D eigenvalue weighted by atomic mass is 16.2. The summed E-state index contributed by atoms with van der Waals surface area (Å²) in [7, 11) is 2.10. The molecule has 0 aromatic heterocycles. The molecule has 2 N–H and O–H groups in total. The standard InChI is InChI=1S/C10H21N3O/c1-9-8-13(7-6-12(9)2)10(14)4-3-5-11/h9H,3-8,11H2,1-2H3. The zero-order valence-corrected chi connectivity index (χ0v) is 9.20. The Hall–Kier alpha value is -0.610. The molecular formula is C10H21N3O. The number of carbonyl (C=O) groups is 1. The van der Waals surface area contributed by atoms with Crippen LogP contribution in [-0.2, 0) is 4.79 Å². The predicted molar refractivity (Wildman–Crippen MR) is 57.0 cm³/mol. The Morgan fingerprint density at radius 2 is 2.21 bits per heavy atom. The van der Waals surface area contributed by atoms with Gasteiger partial charge in [-0.1, -0.05) is 0 Å². The van der Waals surface area contributed by atoms with E-state index in [-0.39, 0.29) is 5.91 Å². The third-order valence-electron chi connectivity index (χ3n) is 2.91. The van der Waals surface area contributed by atoms with E-state index in [9.17, 15) is 4.79 Å². The molecule has 1 rings (SSSR count). The Labute approximate surface area is 86.0 Å². The van der Waals surface area contributed by atoms with E-state index in [0.717, 1.165) is 26.1 Å². The van der Waals surface area contributed by atoms with Crippen molar-refractivity contribution in [1.29, 1.82) is 0 Å². The quantitative estimate of drug-likeness (QED) is 0.690. The summed E-state index contributed by atoms with van der Waals surface area (Å²) in [5, 5.41) is 0. The largest absolute Gasteiger partial charge is 0.340 e. The van der Waals surface area contributed by atoms with E-state index in [1.54, 1.807) is 0 Å². The number of hydrogen-bond acceptors (Lipinski definition) is 3. The Balaban J connectivity index is 2.34. The van der Waals surface area contributed by atoms with Gasteiger partial charge in [0, 0.05) is 32.1 Å².